The summed E-state index contributed by atoms with van der Waals surface area (Å²) in [6.07, 6.45) is 0.292. The second-order valence-electron chi connectivity index (χ2n) is 4.59. The lowest BCUT2D eigenvalue weighted by Gasteiger charge is -2.26. The van der Waals surface area contributed by atoms with Crippen LogP contribution in [0.4, 0.5) is 0 Å². The van der Waals surface area contributed by atoms with Crippen LogP contribution in [0.25, 0.3) is 0 Å². The molecule has 0 saturated carbocycles. The topological polar surface area (TPSA) is 76.7 Å². The van der Waals surface area contributed by atoms with Crippen molar-refractivity contribution in [2.45, 2.75) is 31.8 Å². The fourth-order valence-corrected chi connectivity index (χ4v) is 1.68. The van der Waals surface area contributed by atoms with E-state index in [1.807, 2.05) is 0 Å². The Morgan fingerprint density at radius 2 is 2.17 bits per heavy atom. The largest absolute Gasteiger partial charge is 0.467 e. The zero-order chi connectivity index (χ0) is 12.9. The Balaban J connectivity index is 0.00000289. The first-order valence-corrected chi connectivity index (χ1v) is 5.66. The summed E-state index contributed by atoms with van der Waals surface area (Å²) in [5.41, 5.74) is -0.999. The molecule has 106 valence electrons. The summed E-state index contributed by atoms with van der Waals surface area (Å²) in [4.78, 5) is 23.1. The van der Waals surface area contributed by atoms with Gasteiger partial charge in [0, 0.05) is 19.0 Å². The highest BCUT2D eigenvalue weighted by atomic mass is 35.5. The first-order chi connectivity index (χ1) is 7.95. The molecule has 1 rings (SSSR count). The highest BCUT2D eigenvalue weighted by Crippen LogP contribution is 2.06. The third kappa shape index (κ3) is 5.20. The minimum absolute atomic E-state index is 0. The predicted molar refractivity (Wildman–Crippen MR) is 68.7 cm³/mol. The molecule has 1 aliphatic rings. The Morgan fingerprint density at radius 3 is 2.67 bits per heavy atom. The molecule has 7 heteroatoms. The van der Waals surface area contributed by atoms with E-state index >= 15 is 0 Å². The Labute approximate surface area is 113 Å². The molecule has 0 aromatic heterocycles. The van der Waals surface area contributed by atoms with Gasteiger partial charge in [-0.3, -0.25) is 4.79 Å². The summed E-state index contributed by atoms with van der Waals surface area (Å²) in [5.74, 6) is -0.651. The molecule has 18 heavy (non-hydrogen) atoms. The van der Waals surface area contributed by atoms with Gasteiger partial charge >= 0.3 is 5.97 Å². The lowest BCUT2D eigenvalue weighted by Crippen LogP contribution is -2.52. The van der Waals surface area contributed by atoms with Crippen molar-refractivity contribution in [3.05, 3.63) is 0 Å². The molecule has 6 nitrogen and oxygen atoms in total. The molecule has 1 heterocycles. The summed E-state index contributed by atoms with van der Waals surface area (Å²) >= 11 is 0. The van der Waals surface area contributed by atoms with Gasteiger partial charge in [0.1, 0.15) is 5.54 Å². The maximum Gasteiger partial charge on any atom is 0.330 e. The molecule has 0 bridgehead atoms. The van der Waals surface area contributed by atoms with Gasteiger partial charge in [0.15, 0.2) is 0 Å². The molecular weight excluding hydrogens is 260 g/mol. The van der Waals surface area contributed by atoms with Crippen LogP contribution >= 0.6 is 12.4 Å². The van der Waals surface area contributed by atoms with E-state index in [4.69, 9.17) is 4.74 Å². The van der Waals surface area contributed by atoms with Crippen LogP contribution in [-0.4, -0.2) is 50.3 Å². The number of hydrogen-bond donors (Lipinski definition) is 2. The molecule has 0 aromatic rings. The standard InChI is InChI=1S/C11H20N2O4.ClH/c1-11(2,10(15)16-3)13-9(14)6-8-7-17-5-4-12-8;/h8,12H,4-7H2,1-3H3,(H,13,14);1H. The second-order valence-corrected chi connectivity index (χ2v) is 4.59. The predicted octanol–water partition coefficient (Wildman–Crippen LogP) is -0.145. The lowest BCUT2D eigenvalue weighted by molar-refractivity contribution is -0.149. The number of rotatable bonds is 4. The van der Waals surface area contributed by atoms with Crippen molar-refractivity contribution in [3.8, 4) is 0 Å². The van der Waals surface area contributed by atoms with E-state index in [0.717, 1.165) is 6.54 Å². The molecule has 1 unspecified atom stereocenters. The van der Waals surface area contributed by atoms with Gasteiger partial charge in [-0.2, -0.15) is 0 Å². The maximum absolute atomic E-state index is 11.7. The van der Waals surface area contributed by atoms with Gasteiger partial charge in [0.2, 0.25) is 5.91 Å². The van der Waals surface area contributed by atoms with E-state index in [-0.39, 0.29) is 24.4 Å². The van der Waals surface area contributed by atoms with Crippen molar-refractivity contribution < 1.29 is 19.1 Å². The molecule has 0 spiro atoms. The van der Waals surface area contributed by atoms with Crippen LogP contribution in [0, 0.1) is 0 Å². The SMILES string of the molecule is COC(=O)C(C)(C)NC(=O)CC1COCCN1.Cl. The van der Waals surface area contributed by atoms with E-state index < -0.39 is 11.5 Å². The highest BCUT2D eigenvalue weighted by molar-refractivity contribution is 5.87. The number of nitrogens with one attached hydrogen (secondary N) is 2. The molecule has 1 amide bonds. The minimum Gasteiger partial charge on any atom is -0.467 e. The van der Waals surface area contributed by atoms with Crippen molar-refractivity contribution in [2.24, 2.45) is 0 Å². The maximum atomic E-state index is 11.7. The summed E-state index contributed by atoms with van der Waals surface area (Å²) in [7, 11) is 1.30. The van der Waals surface area contributed by atoms with Crippen LogP contribution in [-0.2, 0) is 19.1 Å². The van der Waals surface area contributed by atoms with E-state index in [2.05, 4.69) is 15.4 Å². The Hall–Kier alpha value is -0.850. The van der Waals surface area contributed by atoms with Crippen LogP contribution in [0.2, 0.25) is 0 Å². The van der Waals surface area contributed by atoms with Gasteiger partial charge in [-0.05, 0) is 13.8 Å². The van der Waals surface area contributed by atoms with E-state index in [0.29, 0.717) is 19.6 Å². The Morgan fingerprint density at radius 1 is 1.50 bits per heavy atom. The Kier molecular flexibility index (Phi) is 7.20. The summed E-state index contributed by atoms with van der Waals surface area (Å²) in [5, 5.41) is 5.82. The number of morpholine rings is 1. The van der Waals surface area contributed by atoms with Crippen LogP contribution in [0.5, 0.6) is 0 Å². The fourth-order valence-electron chi connectivity index (χ4n) is 1.68. The highest BCUT2D eigenvalue weighted by Gasteiger charge is 2.31. The van der Waals surface area contributed by atoms with E-state index in [1.165, 1.54) is 7.11 Å². The lowest BCUT2D eigenvalue weighted by atomic mass is 10.1. The monoisotopic (exact) mass is 280 g/mol. The van der Waals surface area contributed by atoms with Crippen LogP contribution in [0.1, 0.15) is 20.3 Å². The first kappa shape index (κ1) is 17.2. The number of carbonyl (C=O) groups excluding carboxylic acids is 2. The number of ether oxygens (including phenoxy) is 2. The molecule has 1 aliphatic heterocycles. The third-order valence-electron chi connectivity index (χ3n) is 2.58. The summed E-state index contributed by atoms with van der Waals surface area (Å²) in [6.45, 7) is 5.17. The number of methoxy groups -OCH3 is 1. The zero-order valence-electron chi connectivity index (χ0n) is 10.9. The second kappa shape index (κ2) is 7.56. The minimum atomic E-state index is -0.999. The van der Waals surface area contributed by atoms with Crippen molar-refractivity contribution in [3.63, 3.8) is 0 Å². The number of hydrogen-bond acceptors (Lipinski definition) is 5. The Bertz CT molecular complexity index is 291. The van der Waals surface area contributed by atoms with E-state index in [9.17, 15) is 9.59 Å². The summed E-state index contributed by atoms with van der Waals surface area (Å²) < 4.78 is 9.86. The average Bonchev–Trinajstić information content (AvgIpc) is 2.28. The normalized spacial score (nSPS) is 19.6. The van der Waals surface area contributed by atoms with Crippen molar-refractivity contribution in [1.29, 1.82) is 0 Å². The van der Waals surface area contributed by atoms with Gasteiger partial charge < -0.3 is 20.1 Å². The number of halogens is 1. The molecular formula is C11H21ClN2O4. The number of esters is 1. The van der Waals surface area contributed by atoms with Crippen LogP contribution < -0.4 is 10.6 Å². The average molecular weight is 281 g/mol. The first-order valence-electron chi connectivity index (χ1n) is 5.66. The van der Waals surface area contributed by atoms with Gasteiger partial charge in [-0.25, -0.2) is 4.79 Å². The van der Waals surface area contributed by atoms with Crippen LogP contribution in [0.3, 0.4) is 0 Å². The molecule has 0 radical (unpaired) electrons. The molecule has 0 aliphatic carbocycles. The smallest absolute Gasteiger partial charge is 0.330 e. The van der Waals surface area contributed by atoms with E-state index in [1.54, 1.807) is 13.8 Å². The molecule has 1 saturated heterocycles. The number of carbonyl (C=O) groups is 2. The molecule has 1 atom stereocenters. The van der Waals surface area contributed by atoms with Crippen molar-refractivity contribution in [2.75, 3.05) is 26.9 Å². The van der Waals surface area contributed by atoms with Crippen molar-refractivity contribution >= 4 is 24.3 Å². The van der Waals surface area contributed by atoms with Crippen molar-refractivity contribution in [1.82, 2.24) is 10.6 Å². The molecule has 2 N–H and O–H groups in total. The van der Waals surface area contributed by atoms with Gasteiger partial charge in [-0.15, -0.1) is 12.4 Å². The molecule has 1 fully saturated rings. The third-order valence-corrected chi connectivity index (χ3v) is 2.58. The van der Waals surface area contributed by atoms with Crippen LogP contribution in [0.15, 0.2) is 0 Å². The fraction of sp³-hybridized carbons (Fsp3) is 0.818. The van der Waals surface area contributed by atoms with Gasteiger partial charge in [0.25, 0.3) is 0 Å². The number of amides is 1. The van der Waals surface area contributed by atoms with Gasteiger partial charge in [-0.1, -0.05) is 0 Å². The zero-order valence-corrected chi connectivity index (χ0v) is 11.8. The summed E-state index contributed by atoms with van der Waals surface area (Å²) in [6, 6.07) is 0.0113. The van der Waals surface area contributed by atoms with Gasteiger partial charge in [0.05, 0.1) is 20.3 Å². The molecule has 0 aromatic carbocycles. The quantitative estimate of drug-likeness (QED) is 0.701.